The van der Waals surface area contributed by atoms with Gasteiger partial charge in [0.15, 0.2) is 0 Å². The molecule has 0 N–H and O–H groups in total. The van der Waals surface area contributed by atoms with Gasteiger partial charge in [0, 0.05) is 6.61 Å². The van der Waals surface area contributed by atoms with E-state index in [4.69, 9.17) is 26.9 Å². The van der Waals surface area contributed by atoms with Crippen LogP contribution in [0.5, 0.6) is 0 Å². The summed E-state index contributed by atoms with van der Waals surface area (Å²) < 4.78 is 5.37. The molecule has 14 heavy (non-hydrogen) atoms. The molecule has 0 aromatic heterocycles. The number of halogens is 2. The molecular formula is C10H20Cl2OSi. The molecule has 0 amide bonds. The molecular weight excluding hydrogens is 235 g/mol. The number of hydrogen-bond donors (Lipinski definition) is 0. The molecule has 0 atom stereocenters. The molecule has 0 spiro atoms. The van der Waals surface area contributed by atoms with Crippen molar-refractivity contribution in [3.8, 4) is 0 Å². The van der Waals surface area contributed by atoms with Crippen LogP contribution in [0.1, 0.15) is 26.2 Å². The molecule has 4 heteroatoms. The van der Waals surface area contributed by atoms with Crippen LogP contribution in [-0.2, 0) is 4.74 Å². The second-order valence-electron chi connectivity index (χ2n) is 3.89. The third kappa shape index (κ3) is 12.5. The first-order chi connectivity index (χ1) is 6.42. The van der Waals surface area contributed by atoms with Crippen molar-refractivity contribution in [1.82, 2.24) is 0 Å². The minimum absolute atomic E-state index is 0.678. The van der Waals surface area contributed by atoms with E-state index in [1.54, 1.807) is 0 Å². The molecule has 1 nitrogen and oxygen atoms in total. The molecule has 0 aliphatic rings. The Labute approximate surface area is 97.8 Å². The lowest BCUT2D eigenvalue weighted by Crippen LogP contribution is -2.11. The number of rotatable bonds is 8. The van der Waals surface area contributed by atoms with Crippen LogP contribution in [0.3, 0.4) is 0 Å². The third-order valence-electron chi connectivity index (χ3n) is 1.75. The van der Waals surface area contributed by atoms with Crippen molar-refractivity contribution in [3.05, 3.63) is 12.2 Å². The molecule has 0 rings (SSSR count). The standard InChI is InChI=1S/C10H20Cl2OSi/c1-10(2)9-13-7-5-4-6-8-14(3,11)12/h1,4-9H2,2-3H3. The predicted molar refractivity (Wildman–Crippen MR) is 67.6 cm³/mol. The van der Waals surface area contributed by atoms with Crippen LogP contribution < -0.4 is 0 Å². The highest BCUT2D eigenvalue weighted by molar-refractivity contribution is 7.44. The van der Waals surface area contributed by atoms with Crippen LogP contribution in [0, 0.1) is 0 Å². The first-order valence-electron chi connectivity index (χ1n) is 5.02. The fraction of sp³-hybridized carbons (Fsp3) is 0.800. The van der Waals surface area contributed by atoms with Gasteiger partial charge < -0.3 is 4.74 Å². The quantitative estimate of drug-likeness (QED) is 0.272. The third-order valence-corrected chi connectivity index (χ3v) is 4.12. The van der Waals surface area contributed by atoms with Gasteiger partial charge in [-0.2, -0.15) is 0 Å². The van der Waals surface area contributed by atoms with Gasteiger partial charge in [-0.05, 0) is 25.9 Å². The summed E-state index contributed by atoms with van der Waals surface area (Å²) in [5.41, 5.74) is 1.08. The monoisotopic (exact) mass is 254 g/mol. The van der Waals surface area contributed by atoms with Crippen LogP contribution in [0.25, 0.3) is 0 Å². The van der Waals surface area contributed by atoms with E-state index in [1.165, 1.54) is 0 Å². The van der Waals surface area contributed by atoms with Gasteiger partial charge in [0.2, 0.25) is 6.69 Å². The van der Waals surface area contributed by atoms with E-state index in [1.807, 2.05) is 13.5 Å². The fourth-order valence-corrected chi connectivity index (χ4v) is 2.74. The molecule has 0 aromatic carbocycles. The van der Waals surface area contributed by atoms with Crippen LogP contribution in [0.2, 0.25) is 12.6 Å². The van der Waals surface area contributed by atoms with Gasteiger partial charge in [-0.1, -0.05) is 25.0 Å². The van der Waals surface area contributed by atoms with Gasteiger partial charge in [0.1, 0.15) is 0 Å². The molecule has 84 valence electrons. The van der Waals surface area contributed by atoms with Crippen LogP contribution >= 0.6 is 22.2 Å². The minimum Gasteiger partial charge on any atom is -0.377 e. The van der Waals surface area contributed by atoms with Gasteiger partial charge >= 0.3 is 0 Å². The summed E-state index contributed by atoms with van der Waals surface area (Å²) in [6, 6.07) is 0.983. The average Bonchev–Trinajstić information content (AvgIpc) is 2.00. The Morgan fingerprint density at radius 1 is 1.29 bits per heavy atom. The van der Waals surface area contributed by atoms with Crippen LogP contribution in [0.4, 0.5) is 0 Å². The molecule has 0 saturated heterocycles. The van der Waals surface area contributed by atoms with E-state index in [0.29, 0.717) is 6.61 Å². The van der Waals surface area contributed by atoms with Crippen molar-refractivity contribution in [2.75, 3.05) is 13.2 Å². The molecule has 0 radical (unpaired) electrons. The summed E-state index contributed by atoms with van der Waals surface area (Å²) >= 11 is 12.0. The topological polar surface area (TPSA) is 9.23 Å². The first kappa shape index (κ1) is 14.5. The maximum absolute atomic E-state index is 5.98. The van der Waals surface area contributed by atoms with Gasteiger partial charge in [0.25, 0.3) is 0 Å². The molecule has 0 aliphatic heterocycles. The van der Waals surface area contributed by atoms with Crippen molar-refractivity contribution in [3.63, 3.8) is 0 Å². The molecule has 0 aromatic rings. The summed E-state index contributed by atoms with van der Waals surface area (Å²) in [5, 5.41) is 0. The van der Waals surface area contributed by atoms with Gasteiger partial charge in [-0.15, -0.1) is 22.2 Å². The summed E-state index contributed by atoms with van der Waals surface area (Å²) in [6.45, 7) is 7.34. The summed E-state index contributed by atoms with van der Waals surface area (Å²) in [4.78, 5) is 0. The van der Waals surface area contributed by atoms with Crippen molar-refractivity contribution < 1.29 is 4.74 Å². The minimum atomic E-state index is -1.85. The lowest BCUT2D eigenvalue weighted by atomic mass is 10.3. The second-order valence-corrected chi connectivity index (χ2v) is 12.1. The van der Waals surface area contributed by atoms with Crippen molar-refractivity contribution in [2.24, 2.45) is 0 Å². The first-order valence-corrected chi connectivity index (χ1v) is 9.75. The van der Waals surface area contributed by atoms with Gasteiger partial charge in [-0.25, -0.2) is 0 Å². The van der Waals surface area contributed by atoms with E-state index in [0.717, 1.165) is 37.5 Å². The smallest absolute Gasteiger partial charge is 0.248 e. The summed E-state index contributed by atoms with van der Waals surface area (Å²) in [5.74, 6) is 0. The largest absolute Gasteiger partial charge is 0.377 e. The Morgan fingerprint density at radius 3 is 2.43 bits per heavy atom. The average molecular weight is 255 g/mol. The predicted octanol–water partition coefficient (Wildman–Crippen LogP) is 4.30. The van der Waals surface area contributed by atoms with Crippen LogP contribution in [-0.4, -0.2) is 19.9 Å². The normalized spacial score (nSPS) is 11.7. The van der Waals surface area contributed by atoms with Gasteiger partial charge in [0.05, 0.1) is 6.61 Å². The molecule has 0 unspecified atom stereocenters. The molecule has 0 heterocycles. The zero-order valence-electron chi connectivity index (χ0n) is 9.11. The van der Waals surface area contributed by atoms with E-state index >= 15 is 0 Å². The Hall–Kier alpha value is 0.497. The zero-order chi connectivity index (χ0) is 11.0. The molecule has 0 bridgehead atoms. The Bertz CT molecular complexity index is 166. The Kier molecular flexibility index (Phi) is 8.02. The van der Waals surface area contributed by atoms with E-state index in [-0.39, 0.29) is 0 Å². The fourth-order valence-electron chi connectivity index (χ4n) is 1.06. The van der Waals surface area contributed by atoms with Crippen molar-refractivity contribution >= 4 is 28.9 Å². The maximum Gasteiger partial charge on any atom is 0.248 e. The summed E-state index contributed by atoms with van der Waals surface area (Å²) in [6.07, 6.45) is 3.36. The number of ether oxygens (including phenoxy) is 1. The van der Waals surface area contributed by atoms with E-state index < -0.39 is 6.69 Å². The zero-order valence-corrected chi connectivity index (χ0v) is 11.6. The van der Waals surface area contributed by atoms with Crippen LogP contribution in [0.15, 0.2) is 12.2 Å². The highest BCUT2D eigenvalue weighted by Gasteiger charge is 2.19. The molecule has 0 saturated carbocycles. The van der Waals surface area contributed by atoms with E-state index in [9.17, 15) is 0 Å². The maximum atomic E-state index is 5.98. The highest BCUT2D eigenvalue weighted by Crippen LogP contribution is 2.22. The van der Waals surface area contributed by atoms with Gasteiger partial charge in [-0.3, -0.25) is 0 Å². The van der Waals surface area contributed by atoms with Crippen molar-refractivity contribution in [1.29, 1.82) is 0 Å². The molecule has 0 aliphatic carbocycles. The Morgan fingerprint density at radius 2 is 1.93 bits per heavy atom. The van der Waals surface area contributed by atoms with E-state index in [2.05, 4.69) is 6.58 Å². The number of unbranched alkanes of at least 4 members (excludes halogenated alkanes) is 2. The lowest BCUT2D eigenvalue weighted by Gasteiger charge is -2.09. The SMILES string of the molecule is C=C(C)COCCCCC[Si](C)(Cl)Cl. The highest BCUT2D eigenvalue weighted by atomic mass is 35.7. The lowest BCUT2D eigenvalue weighted by molar-refractivity contribution is 0.152. The second kappa shape index (κ2) is 7.75. The Balaban J connectivity index is 3.11. The van der Waals surface area contributed by atoms with Crippen molar-refractivity contribution in [2.45, 2.75) is 38.8 Å². The number of hydrogen-bond acceptors (Lipinski definition) is 1. The summed E-state index contributed by atoms with van der Waals surface area (Å²) in [7, 11) is 0. The molecule has 0 fully saturated rings.